The average molecular weight is 309 g/mol. The predicted molar refractivity (Wildman–Crippen MR) is 74.3 cm³/mol. The van der Waals surface area contributed by atoms with Crippen LogP contribution in [0.3, 0.4) is 0 Å². The molecule has 6 nitrogen and oxygen atoms in total. The average Bonchev–Trinajstić information content (AvgIpc) is 2.85. The number of benzene rings is 1. The molecule has 0 bridgehead atoms. The highest BCUT2D eigenvalue weighted by Crippen LogP contribution is 2.27. The second-order valence-electron chi connectivity index (χ2n) is 4.22. The van der Waals surface area contributed by atoms with Gasteiger partial charge in [-0.3, -0.25) is 0 Å². The van der Waals surface area contributed by atoms with E-state index in [9.17, 15) is 8.42 Å². The van der Waals surface area contributed by atoms with Gasteiger partial charge >= 0.3 is 0 Å². The molecule has 0 unspecified atom stereocenters. The van der Waals surface area contributed by atoms with Gasteiger partial charge in [0.2, 0.25) is 0 Å². The molecule has 0 spiro atoms. The monoisotopic (exact) mass is 308 g/mol. The van der Waals surface area contributed by atoms with E-state index in [0.29, 0.717) is 22.1 Å². The zero-order valence-electron chi connectivity index (χ0n) is 10.4. The summed E-state index contributed by atoms with van der Waals surface area (Å²) in [7, 11) is -3.45. The van der Waals surface area contributed by atoms with Crippen LogP contribution in [-0.4, -0.2) is 34.3 Å². The molecule has 0 saturated carbocycles. The number of fused-ring (bicyclic) bond motifs is 1. The Morgan fingerprint density at radius 3 is 2.50 bits per heavy atom. The summed E-state index contributed by atoms with van der Waals surface area (Å²) in [6.07, 6.45) is 3.75. The number of hydrogen-bond donors (Lipinski definition) is 0. The second-order valence-corrected chi connectivity index (χ2v) is 6.64. The Labute approximate surface area is 120 Å². The van der Waals surface area contributed by atoms with Gasteiger partial charge in [0.1, 0.15) is 11.2 Å². The second kappa shape index (κ2) is 4.53. The number of nitrogens with zero attached hydrogens (tertiary/aromatic N) is 4. The molecule has 102 valence electrons. The van der Waals surface area contributed by atoms with Crippen molar-refractivity contribution in [2.45, 2.75) is 4.90 Å². The first-order valence-electron chi connectivity index (χ1n) is 5.61. The molecule has 0 aliphatic carbocycles. The van der Waals surface area contributed by atoms with E-state index in [0.717, 1.165) is 6.26 Å². The fourth-order valence-corrected chi connectivity index (χ4v) is 2.83. The van der Waals surface area contributed by atoms with Crippen molar-refractivity contribution in [1.29, 1.82) is 0 Å². The largest absolute Gasteiger partial charge is 0.252 e. The van der Waals surface area contributed by atoms with Gasteiger partial charge in [0, 0.05) is 16.8 Å². The number of sulfone groups is 1. The summed E-state index contributed by atoms with van der Waals surface area (Å²) in [5, 5.41) is 4.61. The fraction of sp³-hybridized carbons (Fsp3) is 0.0833. The highest BCUT2D eigenvalue weighted by Gasteiger charge is 2.19. The summed E-state index contributed by atoms with van der Waals surface area (Å²) in [6.45, 7) is 0. The van der Waals surface area contributed by atoms with Crippen LogP contribution in [0.2, 0.25) is 5.02 Å². The van der Waals surface area contributed by atoms with Gasteiger partial charge < -0.3 is 0 Å². The van der Waals surface area contributed by atoms with Gasteiger partial charge in [0.25, 0.3) is 5.78 Å². The van der Waals surface area contributed by atoms with Crippen molar-refractivity contribution >= 4 is 27.2 Å². The van der Waals surface area contributed by atoms with E-state index in [4.69, 9.17) is 11.6 Å². The molecule has 0 N–H and O–H groups in total. The van der Waals surface area contributed by atoms with Gasteiger partial charge in [-0.1, -0.05) is 23.7 Å². The third-order valence-corrected chi connectivity index (χ3v) is 4.14. The Morgan fingerprint density at radius 2 is 1.85 bits per heavy atom. The van der Waals surface area contributed by atoms with Gasteiger partial charge in [-0.15, -0.1) is 0 Å². The van der Waals surface area contributed by atoms with Crippen LogP contribution in [0.25, 0.3) is 17.0 Å². The summed E-state index contributed by atoms with van der Waals surface area (Å²) in [6, 6.07) is 6.83. The minimum absolute atomic E-state index is 0.0952. The minimum atomic E-state index is -3.45. The van der Waals surface area contributed by atoms with Crippen LogP contribution in [-0.2, 0) is 9.84 Å². The molecule has 2 heterocycles. The Balaban J connectivity index is 2.41. The van der Waals surface area contributed by atoms with E-state index >= 15 is 0 Å². The fourth-order valence-electron chi connectivity index (χ4n) is 1.91. The highest BCUT2D eigenvalue weighted by atomic mass is 35.5. The maximum absolute atomic E-state index is 11.9. The summed E-state index contributed by atoms with van der Waals surface area (Å²) in [4.78, 5) is 8.06. The normalized spacial score (nSPS) is 11.9. The zero-order valence-corrected chi connectivity index (χ0v) is 11.9. The first-order chi connectivity index (χ1) is 9.47. The van der Waals surface area contributed by atoms with Crippen molar-refractivity contribution in [3.63, 3.8) is 0 Å². The van der Waals surface area contributed by atoms with Crippen LogP contribution >= 0.6 is 11.6 Å². The molecule has 8 heteroatoms. The standard InChI is InChI=1S/C12H9ClN4O2S/c1-20(18,19)10-6-14-12-15-7-16-17(12)11(10)8-2-4-9(13)5-3-8/h2-7H,1H3. The molecular weight excluding hydrogens is 300 g/mol. The predicted octanol–water partition coefficient (Wildman–Crippen LogP) is 1.85. The zero-order chi connectivity index (χ0) is 14.3. The third-order valence-electron chi connectivity index (χ3n) is 2.79. The number of halogens is 1. The Bertz CT molecular complexity index is 887. The van der Waals surface area contributed by atoms with Crippen molar-refractivity contribution in [2.24, 2.45) is 0 Å². The van der Waals surface area contributed by atoms with Crippen LogP contribution in [0, 0.1) is 0 Å². The summed E-state index contributed by atoms with van der Waals surface area (Å²) in [5.41, 5.74) is 1.10. The van der Waals surface area contributed by atoms with Crippen molar-refractivity contribution in [1.82, 2.24) is 19.6 Å². The Morgan fingerprint density at radius 1 is 1.15 bits per heavy atom. The molecule has 0 fully saturated rings. The van der Waals surface area contributed by atoms with Gasteiger partial charge in [-0.2, -0.15) is 14.6 Å². The Kier molecular flexibility index (Phi) is 2.95. The highest BCUT2D eigenvalue weighted by molar-refractivity contribution is 7.90. The lowest BCUT2D eigenvalue weighted by Crippen LogP contribution is -2.07. The van der Waals surface area contributed by atoms with E-state index in [1.807, 2.05) is 0 Å². The van der Waals surface area contributed by atoms with E-state index in [1.165, 1.54) is 17.0 Å². The number of hydrogen-bond acceptors (Lipinski definition) is 5. The van der Waals surface area contributed by atoms with Gasteiger partial charge in [0.05, 0.1) is 11.9 Å². The van der Waals surface area contributed by atoms with Crippen molar-refractivity contribution < 1.29 is 8.42 Å². The van der Waals surface area contributed by atoms with Crippen LogP contribution in [0.5, 0.6) is 0 Å². The first kappa shape index (κ1) is 13.0. The lowest BCUT2D eigenvalue weighted by atomic mass is 10.1. The molecule has 0 saturated heterocycles. The molecule has 20 heavy (non-hydrogen) atoms. The lowest BCUT2D eigenvalue weighted by Gasteiger charge is -2.09. The smallest absolute Gasteiger partial charge is 0.224 e. The minimum Gasteiger partial charge on any atom is -0.224 e. The van der Waals surface area contributed by atoms with Gasteiger partial charge in [0.15, 0.2) is 9.84 Å². The van der Waals surface area contributed by atoms with Crippen LogP contribution in [0.15, 0.2) is 41.7 Å². The maximum Gasteiger partial charge on any atom is 0.252 e. The third kappa shape index (κ3) is 2.14. The molecule has 0 radical (unpaired) electrons. The molecule has 0 aliphatic heterocycles. The SMILES string of the molecule is CS(=O)(=O)c1cnc2ncnn2c1-c1ccc(Cl)cc1. The topological polar surface area (TPSA) is 77.2 Å². The molecule has 0 aliphatic rings. The molecule has 2 aromatic heterocycles. The van der Waals surface area contributed by atoms with Crippen LogP contribution in [0.1, 0.15) is 0 Å². The van der Waals surface area contributed by atoms with Gasteiger partial charge in [-0.05, 0) is 12.1 Å². The molecule has 3 rings (SSSR count). The number of aromatic nitrogens is 4. The summed E-state index contributed by atoms with van der Waals surface area (Å²) >= 11 is 5.86. The summed E-state index contributed by atoms with van der Waals surface area (Å²) in [5.74, 6) is 0.336. The van der Waals surface area contributed by atoms with Crippen molar-refractivity contribution in [3.8, 4) is 11.3 Å². The van der Waals surface area contributed by atoms with E-state index in [-0.39, 0.29) is 4.90 Å². The van der Waals surface area contributed by atoms with Crippen molar-refractivity contribution in [2.75, 3.05) is 6.26 Å². The van der Waals surface area contributed by atoms with Crippen LogP contribution < -0.4 is 0 Å². The first-order valence-corrected chi connectivity index (χ1v) is 7.88. The lowest BCUT2D eigenvalue weighted by molar-refractivity contribution is 0.601. The molecule has 1 aromatic carbocycles. The van der Waals surface area contributed by atoms with E-state index in [1.54, 1.807) is 24.3 Å². The molecule has 3 aromatic rings. The van der Waals surface area contributed by atoms with Crippen LogP contribution in [0.4, 0.5) is 0 Å². The Hall–Kier alpha value is -1.99. The van der Waals surface area contributed by atoms with Crippen molar-refractivity contribution in [3.05, 3.63) is 41.8 Å². The molecule has 0 atom stereocenters. The van der Waals surface area contributed by atoms with E-state index < -0.39 is 9.84 Å². The quantitative estimate of drug-likeness (QED) is 0.722. The molecular formula is C12H9ClN4O2S. The maximum atomic E-state index is 11.9. The summed E-state index contributed by atoms with van der Waals surface area (Å²) < 4.78 is 25.3. The molecule has 0 amide bonds. The van der Waals surface area contributed by atoms with Gasteiger partial charge in [-0.25, -0.2) is 13.4 Å². The van der Waals surface area contributed by atoms with E-state index in [2.05, 4.69) is 15.1 Å². The number of rotatable bonds is 2.